The molecule has 1 aromatic carbocycles. The van der Waals surface area contributed by atoms with Crippen molar-refractivity contribution in [2.45, 2.75) is 6.92 Å². The van der Waals surface area contributed by atoms with E-state index in [1.54, 1.807) is 6.92 Å². The number of hydrogen-bond acceptors (Lipinski definition) is 4. The Bertz CT molecular complexity index is 466. The van der Waals surface area contributed by atoms with Crippen molar-refractivity contribution in [1.29, 1.82) is 0 Å². The van der Waals surface area contributed by atoms with Crippen LogP contribution in [0.4, 0.5) is 10.1 Å². The number of nitrogen functional groups attached to an aromatic ring is 1. The van der Waals surface area contributed by atoms with Crippen LogP contribution in [0.5, 0.6) is 0 Å². The third-order valence-electron chi connectivity index (χ3n) is 3.46. The minimum Gasteiger partial charge on any atom is -0.398 e. The fourth-order valence-electron chi connectivity index (χ4n) is 2.09. The molecule has 1 amide bonds. The van der Waals surface area contributed by atoms with Gasteiger partial charge in [-0.3, -0.25) is 9.69 Å². The smallest absolute Gasteiger partial charge is 0.251 e. The molecule has 0 unspecified atom stereocenters. The van der Waals surface area contributed by atoms with Gasteiger partial charge in [0.1, 0.15) is 5.82 Å². The van der Waals surface area contributed by atoms with E-state index in [9.17, 15) is 9.18 Å². The Kier molecular flexibility index (Phi) is 5.25. The quantitative estimate of drug-likeness (QED) is 0.827. The monoisotopic (exact) mass is 297 g/mol. The van der Waals surface area contributed by atoms with Crippen LogP contribution in [-0.2, 0) is 0 Å². The Labute approximate surface area is 122 Å². The zero-order chi connectivity index (χ0) is 14.5. The molecule has 1 heterocycles. The average molecular weight is 297 g/mol. The van der Waals surface area contributed by atoms with Crippen molar-refractivity contribution in [2.24, 2.45) is 0 Å². The fraction of sp³-hybridized carbons (Fsp3) is 0.500. The maximum absolute atomic E-state index is 13.5. The molecule has 3 N–H and O–H groups in total. The summed E-state index contributed by atoms with van der Waals surface area (Å²) < 4.78 is 13.5. The highest BCUT2D eigenvalue weighted by Crippen LogP contribution is 2.17. The van der Waals surface area contributed by atoms with Gasteiger partial charge in [-0.25, -0.2) is 4.39 Å². The Balaban J connectivity index is 1.85. The van der Waals surface area contributed by atoms with Gasteiger partial charge in [0.05, 0.1) is 0 Å². The Morgan fingerprint density at radius 3 is 2.80 bits per heavy atom. The van der Waals surface area contributed by atoms with Gasteiger partial charge in [0.25, 0.3) is 5.91 Å². The molecule has 6 heteroatoms. The molecular weight excluding hydrogens is 277 g/mol. The molecular formula is C14H20FN3OS. The number of carbonyl (C=O) groups is 1. The molecule has 4 nitrogen and oxygen atoms in total. The zero-order valence-corrected chi connectivity index (χ0v) is 12.4. The number of benzene rings is 1. The van der Waals surface area contributed by atoms with Crippen LogP contribution in [0.15, 0.2) is 12.1 Å². The minimum atomic E-state index is -0.441. The number of nitrogens with one attached hydrogen (secondary N) is 1. The van der Waals surface area contributed by atoms with Gasteiger partial charge in [-0.1, -0.05) is 0 Å². The van der Waals surface area contributed by atoms with Crippen LogP contribution in [0.2, 0.25) is 0 Å². The normalized spacial score (nSPS) is 16.1. The van der Waals surface area contributed by atoms with Gasteiger partial charge < -0.3 is 11.1 Å². The Morgan fingerprint density at radius 2 is 2.15 bits per heavy atom. The van der Waals surface area contributed by atoms with E-state index in [-0.39, 0.29) is 11.5 Å². The summed E-state index contributed by atoms with van der Waals surface area (Å²) in [4.78, 5) is 14.3. The number of rotatable bonds is 4. The van der Waals surface area contributed by atoms with Gasteiger partial charge in [-0.05, 0) is 19.1 Å². The van der Waals surface area contributed by atoms with Gasteiger partial charge in [-0.15, -0.1) is 0 Å². The fourth-order valence-corrected chi connectivity index (χ4v) is 3.06. The summed E-state index contributed by atoms with van der Waals surface area (Å²) in [6, 6.07) is 2.75. The van der Waals surface area contributed by atoms with Crippen molar-refractivity contribution >= 4 is 23.4 Å². The molecule has 20 heavy (non-hydrogen) atoms. The van der Waals surface area contributed by atoms with Crippen molar-refractivity contribution in [2.75, 3.05) is 43.4 Å². The maximum Gasteiger partial charge on any atom is 0.251 e. The molecule has 0 saturated carbocycles. The number of anilines is 1. The number of halogens is 1. The number of amides is 1. The third-order valence-corrected chi connectivity index (χ3v) is 4.41. The van der Waals surface area contributed by atoms with Gasteiger partial charge in [0, 0.05) is 54.5 Å². The number of nitrogens with two attached hydrogens (primary N) is 1. The highest BCUT2D eigenvalue weighted by Gasteiger charge is 2.13. The van der Waals surface area contributed by atoms with E-state index in [4.69, 9.17) is 5.73 Å². The second kappa shape index (κ2) is 6.95. The SMILES string of the molecule is Cc1c(N)cc(C(=O)NCCN2CCSCC2)cc1F. The summed E-state index contributed by atoms with van der Waals surface area (Å²) in [6.45, 7) is 5.12. The number of thioether (sulfide) groups is 1. The van der Waals surface area contributed by atoms with Crippen molar-refractivity contribution < 1.29 is 9.18 Å². The molecule has 0 bridgehead atoms. The van der Waals surface area contributed by atoms with Gasteiger partial charge in [-0.2, -0.15) is 11.8 Å². The van der Waals surface area contributed by atoms with E-state index in [2.05, 4.69) is 10.2 Å². The molecule has 0 radical (unpaired) electrons. The largest absolute Gasteiger partial charge is 0.398 e. The summed E-state index contributed by atoms with van der Waals surface area (Å²) in [6.07, 6.45) is 0. The molecule has 1 aliphatic heterocycles. The summed E-state index contributed by atoms with van der Waals surface area (Å²) >= 11 is 1.96. The van der Waals surface area contributed by atoms with Crippen molar-refractivity contribution in [1.82, 2.24) is 10.2 Å². The molecule has 110 valence electrons. The molecule has 0 atom stereocenters. The molecule has 0 aromatic heterocycles. The molecule has 1 fully saturated rings. The summed E-state index contributed by atoms with van der Waals surface area (Å²) in [5.74, 6) is 1.58. The van der Waals surface area contributed by atoms with Gasteiger partial charge in [0.2, 0.25) is 0 Å². The predicted molar refractivity (Wildman–Crippen MR) is 81.6 cm³/mol. The van der Waals surface area contributed by atoms with Crippen LogP contribution in [0.3, 0.4) is 0 Å². The Hall–Kier alpha value is -1.27. The zero-order valence-electron chi connectivity index (χ0n) is 11.6. The summed E-state index contributed by atoms with van der Waals surface area (Å²) in [5.41, 5.74) is 6.64. The minimum absolute atomic E-state index is 0.276. The van der Waals surface area contributed by atoms with Gasteiger partial charge >= 0.3 is 0 Å². The number of carbonyl (C=O) groups excluding carboxylic acids is 1. The van der Waals surface area contributed by atoms with Crippen LogP contribution in [-0.4, -0.2) is 48.5 Å². The van der Waals surface area contributed by atoms with Crippen LogP contribution in [0.25, 0.3) is 0 Å². The third kappa shape index (κ3) is 3.86. The highest BCUT2D eigenvalue weighted by atomic mass is 32.2. The van der Waals surface area contributed by atoms with Crippen LogP contribution >= 0.6 is 11.8 Å². The molecule has 2 rings (SSSR count). The van der Waals surface area contributed by atoms with Crippen molar-refractivity contribution in [3.8, 4) is 0 Å². The average Bonchev–Trinajstić information content (AvgIpc) is 2.45. The first-order valence-corrected chi connectivity index (χ1v) is 7.87. The number of hydrogen-bond donors (Lipinski definition) is 2. The van der Waals surface area contributed by atoms with E-state index >= 15 is 0 Å². The Morgan fingerprint density at radius 1 is 1.45 bits per heavy atom. The standard InChI is InChI=1S/C14H20FN3OS/c1-10-12(15)8-11(9-13(10)16)14(19)17-2-3-18-4-6-20-7-5-18/h8-9H,2-7,16H2,1H3,(H,17,19). The lowest BCUT2D eigenvalue weighted by molar-refractivity contribution is 0.0948. The summed E-state index contributed by atoms with van der Waals surface area (Å²) in [7, 11) is 0. The van der Waals surface area contributed by atoms with Gasteiger partial charge in [0.15, 0.2) is 0 Å². The molecule has 1 aliphatic rings. The molecule has 0 spiro atoms. The van der Waals surface area contributed by atoms with Crippen LogP contribution in [0, 0.1) is 12.7 Å². The maximum atomic E-state index is 13.5. The van der Waals surface area contributed by atoms with E-state index in [1.165, 1.54) is 12.1 Å². The number of nitrogens with zero attached hydrogens (tertiary/aromatic N) is 1. The second-order valence-electron chi connectivity index (χ2n) is 4.88. The van der Waals surface area contributed by atoms with E-state index < -0.39 is 5.82 Å². The molecule has 1 saturated heterocycles. The van der Waals surface area contributed by atoms with Crippen LogP contribution < -0.4 is 11.1 Å². The predicted octanol–water partition coefficient (Wildman–Crippen LogP) is 1.49. The lowest BCUT2D eigenvalue weighted by Gasteiger charge is -2.26. The van der Waals surface area contributed by atoms with Crippen LogP contribution in [0.1, 0.15) is 15.9 Å². The topological polar surface area (TPSA) is 58.4 Å². The lowest BCUT2D eigenvalue weighted by Crippen LogP contribution is -2.39. The van der Waals surface area contributed by atoms with Crippen molar-refractivity contribution in [3.63, 3.8) is 0 Å². The van der Waals surface area contributed by atoms with E-state index in [0.29, 0.717) is 17.8 Å². The van der Waals surface area contributed by atoms with Crippen molar-refractivity contribution in [3.05, 3.63) is 29.1 Å². The first kappa shape index (κ1) is 15.1. The van der Waals surface area contributed by atoms with E-state index in [0.717, 1.165) is 31.1 Å². The second-order valence-corrected chi connectivity index (χ2v) is 6.11. The molecule has 0 aliphatic carbocycles. The first-order chi connectivity index (χ1) is 9.58. The molecule has 1 aromatic rings. The first-order valence-electron chi connectivity index (χ1n) is 6.72. The van der Waals surface area contributed by atoms with E-state index in [1.807, 2.05) is 11.8 Å². The highest BCUT2D eigenvalue weighted by molar-refractivity contribution is 7.99. The lowest BCUT2D eigenvalue weighted by atomic mass is 10.1. The summed E-state index contributed by atoms with van der Waals surface area (Å²) in [5, 5.41) is 2.81.